The zero-order chi connectivity index (χ0) is 14.3. The van der Waals surface area contributed by atoms with Gasteiger partial charge in [-0.3, -0.25) is 4.79 Å². The van der Waals surface area contributed by atoms with Gasteiger partial charge in [0.25, 0.3) is 0 Å². The highest BCUT2D eigenvalue weighted by Gasteiger charge is 2.18. The van der Waals surface area contributed by atoms with Crippen LogP contribution in [0.2, 0.25) is 0 Å². The van der Waals surface area contributed by atoms with E-state index < -0.39 is 17.7 Å². The van der Waals surface area contributed by atoms with Crippen molar-refractivity contribution < 1.29 is 19.0 Å². The molecule has 0 aliphatic heterocycles. The molecule has 1 rings (SSSR count). The van der Waals surface area contributed by atoms with Gasteiger partial charge in [0.05, 0.1) is 13.0 Å². The van der Waals surface area contributed by atoms with Gasteiger partial charge in [-0.2, -0.15) is 0 Å². The molecule has 0 heterocycles. The van der Waals surface area contributed by atoms with Gasteiger partial charge in [-0.1, -0.05) is 12.5 Å². The minimum Gasteiger partial charge on any atom is -0.494 e. The maximum absolute atomic E-state index is 13.5. The topological polar surface area (TPSA) is 72.5 Å². The molecule has 0 spiro atoms. The molecule has 1 aromatic rings. The van der Waals surface area contributed by atoms with Crippen LogP contribution >= 0.6 is 0 Å². The molecular formula is C14H20FNO3. The van der Waals surface area contributed by atoms with Crippen LogP contribution in [-0.4, -0.2) is 24.7 Å². The van der Waals surface area contributed by atoms with Gasteiger partial charge in [-0.05, 0) is 43.5 Å². The van der Waals surface area contributed by atoms with Gasteiger partial charge in [0.2, 0.25) is 0 Å². The summed E-state index contributed by atoms with van der Waals surface area (Å²) in [5.74, 6) is -1.66. The van der Waals surface area contributed by atoms with E-state index in [-0.39, 0.29) is 5.75 Å². The number of halogens is 1. The number of hydrogen-bond donors (Lipinski definition) is 2. The van der Waals surface area contributed by atoms with E-state index in [9.17, 15) is 9.18 Å². The molecule has 1 aromatic carbocycles. The molecule has 3 N–H and O–H groups in total. The largest absolute Gasteiger partial charge is 0.494 e. The first kappa shape index (κ1) is 15.4. The van der Waals surface area contributed by atoms with Crippen molar-refractivity contribution >= 4 is 5.97 Å². The highest BCUT2D eigenvalue weighted by atomic mass is 19.1. The number of carbonyl (C=O) groups is 1. The van der Waals surface area contributed by atoms with Gasteiger partial charge in [0.1, 0.15) is 0 Å². The summed E-state index contributed by atoms with van der Waals surface area (Å²) in [6, 6.07) is 4.54. The van der Waals surface area contributed by atoms with E-state index in [1.165, 1.54) is 19.2 Å². The Morgan fingerprint density at radius 1 is 1.47 bits per heavy atom. The Kier molecular flexibility index (Phi) is 6.29. The third-order valence-corrected chi connectivity index (χ3v) is 3.05. The number of unbranched alkanes of at least 4 members (excludes halogenated alkanes) is 1. The number of benzene rings is 1. The molecule has 0 fully saturated rings. The first-order chi connectivity index (χ1) is 9.08. The van der Waals surface area contributed by atoms with E-state index >= 15 is 0 Å². The molecule has 5 heteroatoms. The maximum Gasteiger partial charge on any atom is 0.306 e. The van der Waals surface area contributed by atoms with Crippen molar-refractivity contribution in [1.29, 1.82) is 0 Å². The van der Waals surface area contributed by atoms with Crippen LogP contribution in [0.1, 0.15) is 24.8 Å². The van der Waals surface area contributed by atoms with Crippen LogP contribution in [0.4, 0.5) is 4.39 Å². The zero-order valence-corrected chi connectivity index (χ0v) is 11.1. The predicted octanol–water partition coefficient (Wildman–Crippen LogP) is 2.21. The molecular weight excluding hydrogens is 249 g/mol. The molecule has 0 aliphatic rings. The predicted molar refractivity (Wildman–Crippen MR) is 70.7 cm³/mol. The molecule has 0 saturated carbocycles. The first-order valence-corrected chi connectivity index (χ1v) is 6.33. The average molecular weight is 269 g/mol. The maximum atomic E-state index is 13.5. The molecule has 4 nitrogen and oxygen atoms in total. The van der Waals surface area contributed by atoms with Gasteiger partial charge in [0.15, 0.2) is 11.6 Å². The summed E-state index contributed by atoms with van der Waals surface area (Å²) in [4.78, 5) is 11.2. The van der Waals surface area contributed by atoms with Gasteiger partial charge in [-0.25, -0.2) is 4.39 Å². The summed E-state index contributed by atoms with van der Waals surface area (Å²) in [7, 11) is 1.39. The van der Waals surface area contributed by atoms with E-state index in [4.69, 9.17) is 15.6 Å². The number of aliphatic carboxylic acids is 1. The second kappa shape index (κ2) is 7.74. The average Bonchev–Trinajstić information content (AvgIpc) is 2.38. The van der Waals surface area contributed by atoms with Crippen molar-refractivity contribution in [3.05, 3.63) is 29.6 Å². The molecule has 19 heavy (non-hydrogen) atoms. The third-order valence-electron chi connectivity index (χ3n) is 3.05. The van der Waals surface area contributed by atoms with Crippen molar-refractivity contribution in [2.24, 2.45) is 11.7 Å². The van der Waals surface area contributed by atoms with Crippen LogP contribution in [0.5, 0.6) is 5.75 Å². The van der Waals surface area contributed by atoms with E-state index in [1.54, 1.807) is 6.07 Å². The standard InChI is InChI=1S/C14H20FNO3/c1-19-13-6-5-10(9-12(13)15)8-11(14(17)18)4-2-3-7-16/h5-6,9,11H,2-4,7-8,16H2,1H3,(H,17,18). The Bertz CT molecular complexity index is 423. The molecule has 0 aliphatic carbocycles. The Morgan fingerprint density at radius 2 is 2.21 bits per heavy atom. The summed E-state index contributed by atoms with van der Waals surface area (Å²) in [6.07, 6.45) is 2.45. The quantitative estimate of drug-likeness (QED) is 0.710. The molecule has 0 saturated heterocycles. The van der Waals surface area contributed by atoms with E-state index in [1.807, 2.05) is 0 Å². The van der Waals surface area contributed by atoms with Crippen molar-refractivity contribution in [2.75, 3.05) is 13.7 Å². The summed E-state index contributed by atoms with van der Waals surface area (Å²) in [5, 5.41) is 9.15. The van der Waals surface area contributed by atoms with Crippen molar-refractivity contribution in [3.63, 3.8) is 0 Å². The van der Waals surface area contributed by atoms with Gasteiger partial charge >= 0.3 is 5.97 Å². The van der Waals surface area contributed by atoms with Gasteiger partial charge in [-0.15, -0.1) is 0 Å². The lowest BCUT2D eigenvalue weighted by molar-refractivity contribution is -0.142. The molecule has 0 amide bonds. The second-order valence-corrected chi connectivity index (χ2v) is 4.49. The zero-order valence-electron chi connectivity index (χ0n) is 11.1. The SMILES string of the molecule is COc1ccc(CC(CCCCN)C(=O)O)cc1F. The molecule has 1 unspecified atom stereocenters. The fraction of sp³-hybridized carbons (Fsp3) is 0.500. The monoisotopic (exact) mass is 269 g/mol. The number of methoxy groups -OCH3 is 1. The number of ether oxygens (including phenoxy) is 1. The first-order valence-electron chi connectivity index (χ1n) is 6.33. The lowest BCUT2D eigenvalue weighted by Gasteiger charge is -2.12. The summed E-state index contributed by atoms with van der Waals surface area (Å²) < 4.78 is 18.3. The van der Waals surface area contributed by atoms with E-state index in [0.717, 1.165) is 12.8 Å². The van der Waals surface area contributed by atoms with Crippen LogP contribution in [-0.2, 0) is 11.2 Å². The molecule has 106 valence electrons. The highest BCUT2D eigenvalue weighted by Crippen LogP contribution is 2.21. The van der Waals surface area contributed by atoms with Crippen LogP contribution in [0.25, 0.3) is 0 Å². The molecule has 0 bridgehead atoms. The van der Waals surface area contributed by atoms with Crippen LogP contribution in [0.3, 0.4) is 0 Å². The van der Waals surface area contributed by atoms with Crippen molar-refractivity contribution in [1.82, 2.24) is 0 Å². The van der Waals surface area contributed by atoms with E-state index in [0.29, 0.717) is 24.9 Å². The van der Waals surface area contributed by atoms with Gasteiger partial charge < -0.3 is 15.6 Å². The molecule has 0 aromatic heterocycles. The minimum atomic E-state index is -0.853. The van der Waals surface area contributed by atoms with Gasteiger partial charge in [0, 0.05) is 0 Å². The fourth-order valence-electron chi connectivity index (χ4n) is 1.97. The fourth-order valence-corrected chi connectivity index (χ4v) is 1.97. The number of nitrogens with two attached hydrogens (primary N) is 1. The molecule has 0 radical (unpaired) electrons. The normalized spacial score (nSPS) is 12.2. The van der Waals surface area contributed by atoms with E-state index in [2.05, 4.69) is 0 Å². The third kappa shape index (κ3) is 4.87. The number of carboxylic acids is 1. The summed E-state index contributed by atoms with van der Waals surface area (Å²) in [5.41, 5.74) is 6.05. The number of carboxylic acid groups (broad SMARTS) is 1. The highest BCUT2D eigenvalue weighted by molar-refractivity contribution is 5.70. The number of hydrogen-bond acceptors (Lipinski definition) is 3. The Labute approximate surface area is 112 Å². The summed E-state index contributed by atoms with van der Waals surface area (Å²) in [6.45, 7) is 0.559. The lowest BCUT2D eigenvalue weighted by atomic mass is 9.94. The van der Waals surface area contributed by atoms with Crippen LogP contribution < -0.4 is 10.5 Å². The summed E-state index contributed by atoms with van der Waals surface area (Å²) >= 11 is 0. The van der Waals surface area contributed by atoms with Crippen molar-refractivity contribution in [2.45, 2.75) is 25.7 Å². The minimum absolute atomic E-state index is 0.166. The molecule has 1 atom stereocenters. The lowest BCUT2D eigenvalue weighted by Crippen LogP contribution is -2.17. The second-order valence-electron chi connectivity index (χ2n) is 4.49. The van der Waals surface area contributed by atoms with Crippen LogP contribution in [0.15, 0.2) is 18.2 Å². The Balaban J connectivity index is 2.68. The smallest absolute Gasteiger partial charge is 0.306 e. The van der Waals surface area contributed by atoms with Crippen LogP contribution in [0, 0.1) is 11.7 Å². The Morgan fingerprint density at radius 3 is 2.74 bits per heavy atom. The Hall–Kier alpha value is -1.62. The van der Waals surface area contributed by atoms with Crippen molar-refractivity contribution in [3.8, 4) is 5.75 Å². The number of rotatable bonds is 8.